The van der Waals surface area contributed by atoms with Crippen molar-refractivity contribution in [1.82, 2.24) is 0 Å². The van der Waals surface area contributed by atoms with Crippen molar-refractivity contribution in [2.75, 3.05) is 26.4 Å². The predicted molar refractivity (Wildman–Crippen MR) is 241 cm³/mol. The van der Waals surface area contributed by atoms with Crippen LogP contribution in [0.3, 0.4) is 0 Å². The molecule has 6 heterocycles. The van der Waals surface area contributed by atoms with Crippen LogP contribution >= 0.6 is 0 Å². The Balaban J connectivity index is 0.826. The van der Waals surface area contributed by atoms with E-state index in [-0.39, 0.29) is 16.9 Å². The van der Waals surface area contributed by atoms with Gasteiger partial charge in [0.25, 0.3) is 0 Å². The lowest BCUT2D eigenvalue weighted by atomic mass is 9.47. The number of aliphatic hydroxyl groups excluding tert-OH is 11. The maximum Gasteiger partial charge on any atom is 0.187 e. The zero-order valence-corrected chi connectivity index (χ0v) is 41.4. The standard InChI is InChI=1S/C50H80O21/c1-20-8-13-50(63-18-20)21(2)32-28(71-50)15-27-25-7-6-23-14-24(9-11-48(23,4)26(25)10-12-49(27,32)5)65-47-43(70-45-39(59)36(56)33(53)22(3)64-45)41(61)42(30(17-52)67-47)69-44-38(58)35(55)31(19-62-44)68-46-40(60)37(57)34(54)29(16-51)66-46/h6,20-22,24-47,51-61H,7-19H2,1-5H3/t20-,21+,22+,24+,25-,26+,27+,28+,29+,30-,31+,32+,33+,34+,35+,36-,37-,38-,39-,40+,41+,42-,43-,44+,45+,46-,47-,48+,49+,50-/m1/s1. The molecule has 0 unspecified atom stereocenters. The van der Waals surface area contributed by atoms with E-state index in [9.17, 15) is 56.2 Å². The first kappa shape index (κ1) is 53.3. The summed E-state index contributed by atoms with van der Waals surface area (Å²) < 4.78 is 61.5. The lowest BCUT2D eigenvalue weighted by Crippen LogP contribution is -2.66. The monoisotopic (exact) mass is 1020 g/mol. The quantitative estimate of drug-likeness (QED) is 0.113. The first-order valence-electron chi connectivity index (χ1n) is 26.3. The maximum absolute atomic E-state index is 12.2. The van der Waals surface area contributed by atoms with Crippen molar-refractivity contribution in [3.05, 3.63) is 11.6 Å². The van der Waals surface area contributed by atoms with Crippen LogP contribution in [0.1, 0.15) is 92.4 Å². The molecule has 11 N–H and O–H groups in total. The van der Waals surface area contributed by atoms with Gasteiger partial charge in [0.1, 0.15) is 85.5 Å². The highest BCUT2D eigenvalue weighted by Gasteiger charge is 2.69. The van der Waals surface area contributed by atoms with Gasteiger partial charge in [-0.05, 0) is 98.7 Å². The molecule has 3 saturated carbocycles. The Hall–Kier alpha value is -1.10. The molecule has 1 spiro atoms. The van der Waals surface area contributed by atoms with Crippen LogP contribution in [0.25, 0.3) is 0 Å². The van der Waals surface area contributed by atoms with Crippen molar-refractivity contribution in [2.24, 2.45) is 46.3 Å². The van der Waals surface area contributed by atoms with Crippen LogP contribution in [-0.2, 0) is 47.4 Å². The summed E-state index contributed by atoms with van der Waals surface area (Å²) in [5.74, 6) is 2.43. The second-order valence-corrected chi connectivity index (χ2v) is 23.4. The van der Waals surface area contributed by atoms with Gasteiger partial charge < -0.3 is 104 Å². The van der Waals surface area contributed by atoms with Crippen LogP contribution in [0, 0.1) is 46.3 Å². The van der Waals surface area contributed by atoms with Crippen LogP contribution in [-0.4, -0.2) is 217 Å². The number of rotatable bonds is 10. The zero-order valence-electron chi connectivity index (χ0n) is 41.4. The lowest BCUT2D eigenvalue weighted by Gasteiger charge is -2.58. The van der Waals surface area contributed by atoms with Crippen molar-refractivity contribution in [3.63, 3.8) is 0 Å². The van der Waals surface area contributed by atoms with Crippen LogP contribution in [0.2, 0.25) is 0 Å². The summed E-state index contributed by atoms with van der Waals surface area (Å²) in [7, 11) is 0. The molecular weight excluding hydrogens is 937 g/mol. The minimum Gasteiger partial charge on any atom is -0.394 e. The third-order valence-corrected chi connectivity index (χ3v) is 19.4. The Morgan fingerprint density at radius 1 is 0.620 bits per heavy atom. The molecule has 406 valence electrons. The minimum atomic E-state index is -1.88. The van der Waals surface area contributed by atoms with E-state index in [1.165, 1.54) is 12.5 Å². The molecule has 0 amide bonds. The first-order valence-corrected chi connectivity index (χ1v) is 26.3. The summed E-state index contributed by atoms with van der Waals surface area (Å²) in [5, 5.41) is 118. The Morgan fingerprint density at radius 3 is 2.00 bits per heavy atom. The average Bonchev–Trinajstić information content (AvgIpc) is 3.80. The van der Waals surface area contributed by atoms with Gasteiger partial charge >= 0.3 is 0 Å². The summed E-state index contributed by atoms with van der Waals surface area (Å²) >= 11 is 0. The van der Waals surface area contributed by atoms with Crippen LogP contribution in [0.15, 0.2) is 11.6 Å². The van der Waals surface area contributed by atoms with E-state index in [1.807, 2.05) is 0 Å². The van der Waals surface area contributed by atoms with E-state index < -0.39 is 148 Å². The van der Waals surface area contributed by atoms with Gasteiger partial charge in [-0.25, -0.2) is 0 Å². The molecule has 71 heavy (non-hydrogen) atoms. The van der Waals surface area contributed by atoms with Gasteiger partial charge in [-0.1, -0.05) is 39.3 Å². The fourth-order valence-corrected chi connectivity index (χ4v) is 15.2. The van der Waals surface area contributed by atoms with Gasteiger partial charge in [-0.2, -0.15) is 0 Å². The number of ether oxygens (including phenoxy) is 10. The molecule has 6 aliphatic heterocycles. The van der Waals surface area contributed by atoms with E-state index in [0.29, 0.717) is 48.3 Å². The van der Waals surface area contributed by atoms with E-state index in [1.54, 1.807) is 0 Å². The first-order chi connectivity index (χ1) is 33.7. The van der Waals surface area contributed by atoms with E-state index in [0.717, 1.165) is 51.6 Å². The van der Waals surface area contributed by atoms with Crippen molar-refractivity contribution >= 4 is 0 Å². The highest BCUT2D eigenvalue weighted by Crippen LogP contribution is 2.70. The van der Waals surface area contributed by atoms with Gasteiger partial charge in [0.15, 0.2) is 30.9 Å². The van der Waals surface area contributed by atoms with E-state index >= 15 is 0 Å². The van der Waals surface area contributed by atoms with Gasteiger partial charge in [0, 0.05) is 12.3 Å². The Kier molecular flexibility index (Phi) is 15.3. The fraction of sp³-hybridized carbons (Fsp3) is 0.960. The lowest BCUT2D eigenvalue weighted by molar-refractivity contribution is -0.389. The Bertz CT molecular complexity index is 1870. The van der Waals surface area contributed by atoms with Crippen molar-refractivity contribution < 1.29 is 104 Å². The Morgan fingerprint density at radius 2 is 1.30 bits per heavy atom. The zero-order chi connectivity index (χ0) is 50.6. The van der Waals surface area contributed by atoms with Crippen LogP contribution < -0.4 is 0 Å². The summed E-state index contributed by atoms with van der Waals surface area (Å²) in [6.45, 7) is 9.85. The molecule has 10 rings (SSSR count). The topological polar surface area (TPSA) is 315 Å². The summed E-state index contributed by atoms with van der Waals surface area (Å²) in [6.07, 6.45) is -19.2. The summed E-state index contributed by atoms with van der Waals surface area (Å²) in [5.41, 5.74) is 1.41. The molecule has 21 nitrogen and oxygen atoms in total. The van der Waals surface area contributed by atoms with Crippen molar-refractivity contribution in [2.45, 2.75) is 227 Å². The SMILES string of the molecule is C[C@@H]1CC[C@@]2(OC1)O[C@H]1C[C@H]3[C@@H]4CC=C5C[C@@H](O[C@@H]6O[C@H](CO)[C@@H](O[C@@H]7OC[C@H](O[C@H]8O[C@@H](CO)[C@H](O)[C@@H](O)[C@@H]8O)[C@H](O)[C@H]7O)[C@H](O)[C@H]6O[C@@H]6O[C@@H](C)[C@H](O)[C@@H](O)[C@H]6O)CC[C@]5(C)[C@H]4CC[C@]3(C)[C@H]1[C@@H]2C. The number of fused-ring (bicyclic) bond motifs is 7. The fourth-order valence-electron chi connectivity index (χ4n) is 15.2. The predicted octanol–water partition coefficient (Wildman–Crippen LogP) is -1.32. The second kappa shape index (κ2) is 20.4. The molecule has 0 bridgehead atoms. The summed E-state index contributed by atoms with van der Waals surface area (Å²) in [4.78, 5) is 0. The molecule has 30 atom stereocenters. The van der Waals surface area contributed by atoms with E-state index in [2.05, 4.69) is 33.8 Å². The molecule has 6 saturated heterocycles. The number of hydrogen-bond donors (Lipinski definition) is 11. The van der Waals surface area contributed by atoms with Crippen molar-refractivity contribution in [3.8, 4) is 0 Å². The highest BCUT2D eigenvalue weighted by atomic mass is 16.8. The largest absolute Gasteiger partial charge is 0.394 e. The van der Waals surface area contributed by atoms with Gasteiger partial charge in [0.05, 0.1) is 44.7 Å². The van der Waals surface area contributed by atoms with Crippen molar-refractivity contribution in [1.29, 1.82) is 0 Å². The van der Waals surface area contributed by atoms with E-state index in [4.69, 9.17) is 47.4 Å². The average molecular weight is 1020 g/mol. The highest BCUT2D eigenvalue weighted by molar-refractivity contribution is 5.26. The number of aliphatic hydroxyl groups is 11. The minimum absolute atomic E-state index is 0.0645. The molecule has 10 aliphatic rings. The second-order valence-electron chi connectivity index (χ2n) is 23.4. The van der Waals surface area contributed by atoms with Gasteiger partial charge in [-0.3, -0.25) is 0 Å². The van der Waals surface area contributed by atoms with Gasteiger partial charge in [0.2, 0.25) is 0 Å². The van der Waals surface area contributed by atoms with Gasteiger partial charge in [-0.15, -0.1) is 0 Å². The molecule has 21 heteroatoms. The number of allylic oxidation sites excluding steroid dienone is 1. The summed E-state index contributed by atoms with van der Waals surface area (Å²) in [6, 6.07) is 0. The number of hydrogen-bond acceptors (Lipinski definition) is 21. The third kappa shape index (κ3) is 9.12. The normalized spacial score (nSPS) is 57.4. The smallest absolute Gasteiger partial charge is 0.187 e. The Labute approximate surface area is 414 Å². The molecule has 0 aromatic carbocycles. The third-order valence-electron chi connectivity index (χ3n) is 19.4. The molecular formula is C50H80O21. The maximum atomic E-state index is 12.2. The molecule has 9 fully saturated rings. The molecule has 0 radical (unpaired) electrons. The molecule has 0 aromatic heterocycles. The molecule has 0 aromatic rings. The van der Waals surface area contributed by atoms with Crippen LogP contribution in [0.5, 0.6) is 0 Å². The van der Waals surface area contributed by atoms with Crippen LogP contribution in [0.4, 0.5) is 0 Å². The molecule has 4 aliphatic carbocycles.